The highest BCUT2D eigenvalue weighted by atomic mass is 16.7. The molecule has 3 nitrogen and oxygen atoms in total. The largest absolute Gasteiger partial charge is 0.452 e. The van der Waals surface area contributed by atoms with Gasteiger partial charge in [0, 0.05) is 0 Å². The molecule has 16 heavy (non-hydrogen) atoms. The molecule has 0 aliphatic carbocycles. The van der Waals surface area contributed by atoms with Crippen LogP contribution >= 0.6 is 0 Å². The first-order valence-corrected chi connectivity index (χ1v) is 6.11. The van der Waals surface area contributed by atoms with Crippen molar-refractivity contribution in [3.05, 3.63) is 0 Å². The van der Waals surface area contributed by atoms with Gasteiger partial charge in [-0.2, -0.15) is 0 Å². The van der Waals surface area contributed by atoms with Gasteiger partial charge in [0.2, 0.25) is 0 Å². The minimum absolute atomic E-state index is 0.0271. The first-order valence-electron chi connectivity index (χ1n) is 6.11. The second-order valence-corrected chi connectivity index (χ2v) is 6.64. The van der Waals surface area contributed by atoms with Gasteiger partial charge < -0.3 is 13.7 Å². The van der Waals surface area contributed by atoms with Gasteiger partial charge in [0.1, 0.15) is 0 Å². The maximum atomic E-state index is 5.90. The Labute approximate surface area is 101 Å². The minimum atomic E-state index is -0.199. The van der Waals surface area contributed by atoms with Crippen LogP contribution in [0, 0.1) is 0 Å². The zero-order valence-corrected chi connectivity index (χ0v) is 11.7. The lowest BCUT2D eigenvalue weighted by molar-refractivity contribution is 0.243. The van der Waals surface area contributed by atoms with E-state index in [1.54, 1.807) is 0 Å². The molecule has 0 unspecified atom stereocenters. The average molecular weight is 224 g/mol. The SMILES string of the molecule is CCB1OB(C(C)(C)C)OB(C(C)(C)C)O1. The summed E-state index contributed by atoms with van der Waals surface area (Å²) in [5.74, 6) is 0. The molecule has 1 aliphatic heterocycles. The Bertz CT molecular complexity index is 212. The van der Waals surface area contributed by atoms with Crippen molar-refractivity contribution in [1.82, 2.24) is 0 Å². The molecule has 1 rings (SSSR count). The van der Waals surface area contributed by atoms with Crippen molar-refractivity contribution in [3.8, 4) is 0 Å². The van der Waals surface area contributed by atoms with Gasteiger partial charge in [-0.15, -0.1) is 0 Å². The van der Waals surface area contributed by atoms with Crippen LogP contribution in [0.3, 0.4) is 0 Å². The van der Waals surface area contributed by atoms with E-state index in [4.69, 9.17) is 13.7 Å². The Kier molecular flexibility index (Phi) is 4.20. The summed E-state index contributed by atoms with van der Waals surface area (Å²) in [5.41, 5.74) is 0. The summed E-state index contributed by atoms with van der Waals surface area (Å²) in [4.78, 5) is 0. The van der Waals surface area contributed by atoms with Crippen LogP contribution in [0.2, 0.25) is 16.9 Å². The van der Waals surface area contributed by atoms with Gasteiger partial charge in [0.15, 0.2) is 0 Å². The van der Waals surface area contributed by atoms with Crippen LogP contribution in [-0.2, 0) is 13.7 Å². The molecule has 1 saturated heterocycles. The third kappa shape index (κ3) is 3.54. The maximum absolute atomic E-state index is 5.90. The summed E-state index contributed by atoms with van der Waals surface area (Å²) >= 11 is 0. The van der Waals surface area contributed by atoms with Gasteiger partial charge in [0.25, 0.3) is 0 Å². The normalized spacial score (nSPS) is 19.3. The van der Waals surface area contributed by atoms with Gasteiger partial charge in [-0.05, 0) is 16.9 Å². The van der Waals surface area contributed by atoms with Crippen LogP contribution in [0.15, 0.2) is 0 Å². The average Bonchev–Trinajstić information content (AvgIpc) is 2.14. The fourth-order valence-corrected chi connectivity index (χ4v) is 1.49. The highest BCUT2D eigenvalue weighted by Crippen LogP contribution is 2.37. The molecule has 6 heteroatoms. The molecular weight excluding hydrogens is 201 g/mol. The third-order valence-electron chi connectivity index (χ3n) is 2.55. The van der Waals surface area contributed by atoms with Crippen molar-refractivity contribution in [2.24, 2.45) is 0 Å². The van der Waals surface area contributed by atoms with E-state index < -0.39 is 0 Å². The van der Waals surface area contributed by atoms with E-state index in [2.05, 4.69) is 48.5 Å². The molecule has 0 aromatic rings. The lowest BCUT2D eigenvalue weighted by Crippen LogP contribution is -2.54. The van der Waals surface area contributed by atoms with Crippen molar-refractivity contribution in [2.75, 3.05) is 0 Å². The Hall–Kier alpha value is 0.0748. The highest BCUT2D eigenvalue weighted by Gasteiger charge is 2.49. The Morgan fingerprint density at radius 2 is 1.12 bits per heavy atom. The molecule has 1 aliphatic rings. The molecule has 0 spiro atoms. The Morgan fingerprint density at radius 3 is 1.38 bits per heavy atom. The smallest absolute Gasteiger partial charge is 0.435 e. The highest BCUT2D eigenvalue weighted by molar-refractivity contribution is 6.75. The zero-order chi connectivity index (χ0) is 12.6. The van der Waals surface area contributed by atoms with Crippen molar-refractivity contribution in [2.45, 2.75) is 65.4 Å². The van der Waals surface area contributed by atoms with E-state index >= 15 is 0 Å². The fraction of sp³-hybridized carbons (Fsp3) is 1.00. The number of hydrogen-bond acceptors (Lipinski definition) is 3. The second kappa shape index (κ2) is 4.75. The Morgan fingerprint density at radius 1 is 0.750 bits per heavy atom. The summed E-state index contributed by atoms with van der Waals surface area (Å²) in [6, 6.07) is 0. The van der Waals surface area contributed by atoms with Crippen molar-refractivity contribution < 1.29 is 13.7 Å². The second-order valence-electron chi connectivity index (χ2n) is 6.64. The molecule has 0 radical (unpaired) electrons. The maximum Gasteiger partial charge on any atom is 0.435 e. The quantitative estimate of drug-likeness (QED) is 0.640. The first kappa shape index (κ1) is 14.1. The summed E-state index contributed by atoms with van der Waals surface area (Å²) in [6.07, 6.45) is 0.850. The number of hydrogen-bond donors (Lipinski definition) is 0. The van der Waals surface area contributed by atoms with Gasteiger partial charge in [-0.25, -0.2) is 0 Å². The molecule has 0 aromatic carbocycles. The molecule has 0 aromatic heterocycles. The van der Waals surface area contributed by atoms with Gasteiger partial charge in [-0.3, -0.25) is 0 Å². The van der Waals surface area contributed by atoms with E-state index in [0.717, 1.165) is 6.32 Å². The van der Waals surface area contributed by atoms with E-state index in [0.29, 0.717) is 0 Å². The molecular formula is C10H23B3O3. The standard InChI is InChI=1S/C10H23B3O3/c1-8-11-14-12(9(2,3)4)16-13(15-11)10(5,6)7/h8H2,1-7H3. The van der Waals surface area contributed by atoms with Crippen LogP contribution in [0.4, 0.5) is 0 Å². The van der Waals surface area contributed by atoms with E-state index in [9.17, 15) is 0 Å². The van der Waals surface area contributed by atoms with Crippen molar-refractivity contribution in [1.29, 1.82) is 0 Å². The van der Waals surface area contributed by atoms with Gasteiger partial charge in [-0.1, -0.05) is 48.5 Å². The van der Waals surface area contributed by atoms with E-state index in [-0.39, 0.29) is 32.0 Å². The third-order valence-corrected chi connectivity index (χ3v) is 2.55. The molecule has 0 atom stereocenters. The van der Waals surface area contributed by atoms with Crippen LogP contribution in [0.25, 0.3) is 0 Å². The van der Waals surface area contributed by atoms with E-state index in [1.165, 1.54) is 0 Å². The molecule has 0 saturated carbocycles. The molecule has 1 heterocycles. The molecule has 0 N–H and O–H groups in total. The van der Waals surface area contributed by atoms with Gasteiger partial charge in [0.05, 0.1) is 0 Å². The van der Waals surface area contributed by atoms with Gasteiger partial charge >= 0.3 is 21.4 Å². The first-order chi connectivity index (χ1) is 7.14. The Balaban J connectivity index is 2.77. The van der Waals surface area contributed by atoms with E-state index in [1.807, 2.05) is 0 Å². The summed E-state index contributed by atoms with van der Waals surface area (Å²) in [7, 11) is -0.548. The molecule has 0 amide bonds. The summed E-state index contributed by atoms with van der Waals surface area (Å²) < 4.78 is 17.5. The lowest BCUT2D eigenvalue weighted by Gasteiger charge is -2.40. The molecule has 0 bridgehead atoms. The topological polar surface area (TPSA) is 27.7 Å². The van der Waals surface area contributed by atoms with Crippen LogP contribution in [0.1, 0.15) is 48.5 Å². The zero-order valence-electron chi connectivity index (χ0n) is 11.7. The number of rotatable bonds is 1. The van der Waals surface area contributed by atoms with Crippen LogP contribution in [-0.4, -0.2) is 21.4 Å². The summed E-state index contributed by atoms with van der Waals surface area (Å²) in [6.45, 7) is 14.8. The summed E-state index contributed by atoms with van der Waals surface area (Å²) in [5, 5.41) is -0.0542. The predicted molar refractivity (Wildman–Crippen MR) is 70.4 cm³/mol. The molecule has 90 valence electrons. The van der Waals surface area contributed by atoms with Crippen molar-refractivity contribution >= 4 is 21.4 Å². The van der Waals surface area contributed by atoms with Crippen LogP contribution in [0.5, 0.6) is 0 Å². The van der Waals surface area contributed by atoms with Crippen molar-refractivity contribution in [3.63, 3.8) is 0 Å². The minimum Gasteiger partial charge on any atom is -0.452 e. The predicted octanol–water partition coefficient (Wildman–Crippen LogP) is 3.13. The molecule has 1 fully saturated rings. The van der Waals surface area contributed by atoms with Crippen LogP contribution < -0.4 is 0 Å². The lowest BCUT2D eigenvalue weighted by atomic mass is 9.50. The fourth-order valence-electron chi connectivity index (χ4n) is 1.49. The monoisotopic (exact) mass is 224 g/mol.